The molecule has 0 bridgehead atoms. The van der Waals surface area contributed by atoms with Gasteiger partial charge in [-0.1, -0.05) is 24.1 Å². The summed E-state index contributed by atoms with van der Waals surface area (Å²) in [4.78, 5) is 25.8. The van der Waals surface area contributed by atoms with Gasteiger partial charge in [0.05, 0.1) is 10.9 Å². The Bertz CT molecular complexity index is 1200. The van der Waals surface area contributed by atoms with Crippen molar-refractivity contribution in [3.63, 3.8) is 0 Å². The number of aromatic hydroxyl groups is 1. The fourth-order valence-electron chi connectivity index (χ4n) is 4.56. The van der Waals surface area contributed by atoms with Crippen molar-refractivity contribution in [2.24, 2.45) is 5.92 Å². The summed E-state index contributed by atoms with van der Waals surface area (Å²) >= 11 is 6.04. The first-order valence-electron chi connectivity index (χ1n) is 9.74. The zero-order chi connectivity index (χ0) is 21.8. The van der Waals surface area contributed by atoms with Crippen molar-refractivity contribution in [3.8, 4) is 5.75 Å². The number of aliphatic carboxylic acids is 1. The quantitative estimate of drug-likeness (QED) is 0.591. The van der Waals surface area contributed by atoms with Crippen molar-refractivity contribution in [1.82, 2.24) is 4.57 Å². The number of carboxylic acid groups (broad SMARTS) is 1. The molecule has 7 heteroatoms. The van der Waals surface area contributed by atoms with E-state index in [1.807, 2.05) is 0 Å². The average molecular weight is 430 g/mol. The number of carbonyl (C=O) groups is 2. The zero-order valence-electron chi connectivity index (χ0n) is 16.6. The Balaban J connectivity index is 2.05. The molecule has 1 fully saturated rings. The van der Waals surface area contributed by atoms with Gasteiger partial charge in [0, 0.05) is 27.7 Å². The van der Waals surface area contributed by atoms with Crippen LogP contribution in [0.4, 0.5) is 4.39 Å². The fraction of sp³-hybridized carbons (Fsp3) is 0.304. The highest BCUT2D eigenvalue weighted by Crippen LogP contribution is 2.49. The molecule has 4 rings (SSSR count). The van der Waals surface area contributed by atoms with E-state index in [0.29, 0.717) is 27.2 Å². The van der Waals surface area contributed by atoms with Gasteiger partial charge in [-0.2, -0.15) is 0 Å². The molecule has 1 heterocycles. The molecule has 3 aromatic rings. The van der Waals surface area contributed by atoms with E-state index in [-0.39, 0.29) is 11.4 Å². The zero-order valence-corrected chi connectivity index (χ0v) is 17.3. The minimum atomic E-state index is -1.27. The van der Waals surface area contributed by atoms with E-state index >= 15 is 0 Å². The number of benzene rings is 2. The molecular formula is C23H21ClFNO4. The number of carbonyl (C=O) groups excluding carboxylic acids is 1. The molecule has 0 spiro atoms. The Hall–Kier alpha value is -2.86. The lowest BCUT2D eigenvalue weighted by atomic mass is 9.62. The van der Waals surface area contributed by atoms with E-state index in [1.165, 1.54) is 16.7 Å². The van der Waals surface area contributed by atoms with Gasteiger partial charge in [0.25, 0.3) is 5.91 Å². The summed E-state index contributed by atoms with van der Waals surface area (Å²) in [6, 6.07) is 8.67. The van der Waals surface area contributed by atoms with Gasteiger partial charge in [0.15, 0.2) is 11.6 Å². The maximum absolute atomic E-state index is 14.3. The summed E-state index contributed by atoms with van der Waals surface area (Å²) in [6.45, 7) is 3.31. The van der Waals surface area contributed by atoms with E-state index < -0.39 is 28.9 Å². The highest BCUT2D eigenvalue weighted by Gasteiger charge is 2.48. The molecule has 1 atom stereocenters. The van der Waals surface area contributed by atoms with Crippen LogP contribution in [0.1, 0.15) is 47.8 Å². The topological polar surface area (TPSA) is 79.5 Å². The van der Waals surface area contributed by atoms with Crippen LogP contribution in [0.15, 0.2) is 36.4 Å². The highest BCUT2D eigenvalue weighted by molar-refractivity contribution is 6.31. The van der Waals surface area contributed by atoms with Crippen LogP contribution in [0, 0.1) is 18.7 Å². The van der Waals surface area contributed by atoms with Crippen molar-refractivity contribution in [3.05, 3.63) is 64.1 Å². The first-order valence-corrected chi connectivity index (χ1v) is 10.1. The number of phenolic OH excluding ortho intramolecular Hbond substituents is 1. The number of hydrogen-bond acceptors (Lipinski definition) is 3. The van der Waals surface area contributed by atoms with E-state index in [0.717, 1.165) is 25.3 Å². The Labute approximate surface area is 177 Å². The van der Waals surface area contributed by atoms with Crippen molar-refractivity contribution in [2.45, 2.75) is 38.5 Å². The SMILES string of the molecule is Cc1c([C@](C)(C(=O)O)C2CCC2)c2cc(O)c(F)cc2n1C(=O)c1cccc(Cl)c1. The standard InChI is InChI=1S/C23H21ClFNO4/c1-12-20(23(2,22(29)30)14-6-4-7-14)16-10-19(27)17(25)11-18(16)26(12)21(28)13-5-3-8-15(24)9-13/h3,5,8-11,14,27H,4,6-7H2,1-2H3,(H,29,30)/t23-/m1/s1. The number of carboxylic acids is 1. The summed E-state index contributed by atoms with van der Waals surface area (Å²) in [5.41, 5.74) is 0.0833. The summed E-state index contributed by atoms with van der Waals surface area (Å²) in [6.07, 6.45) is 2.45. The number of aromatic nitrogens is 1. The van der Waals surface area contributed by atoms with Crippen LogP contribution in [-0.2, 0) is 10.2 Å². The molecular weight excluding hydrogens is 409 g/mol. The third-order valence-corrected chi connectivity index (χ3v) is 6.67. The van der Waals surface area contributed by atoms with E-state index in [1.54, 1.807) is 32.0 Å². The summed E-state index contributed by atoms with van der Waals surface area (Å²) in [7, 11) is 0. The Morgan fingerprint density at radius 1 is 1.23 bits per heavy atom. The van der Waals surface area contributed by atoms with Crippen LogP contribution in [0.3, 0.4) is 0 Å². The molecule has 0 radical (unpaired) electrons. The number of phenols is 1. The number of nitrogens with zero attached hydrogens (tertiary/aromatic N) is 1. The van der Waals surface area contributed by atoms with Gasteiger partial charge in [-0.3, -0.25) is 14.2 Å². The van der Waals surface area contributed by atoms with Crippen LogP contribution < -0.4 is 0 Å². The van der Waals surface area contributed by atoms with E-state index in [9.17, 15) is 24.2 Å². The molecule has 0 amide bonds. The largest absolute Gasteiger partial charge is 0.505 e. The Kier molecular flexibility index (Phi) is 4.85. The van der Waals surface area contributed by atoms with Gasteiger partial charge in [-0.25, -0.2) is 4.39 Å². The second-order valence-electron chi connectivity index (χ2n) is 8.07. The van der Waals surface area contributed by atoms with Crippen LogP contribution in [0.25, 0.3) is 10.9 Å². The fourth-order valence-corrected chi connectivity index (χ4v) is 4.75. The smallest absolute Gasteiger partial charge is 0.314 e. The molecule has 2 aromatic carbocycles. The molecule has 1 aliphatic carbocycles. The molecule has 30 heavy (non-hydrogen) atoms. The number of halogens is 2. The molecule has 1 saturated carbocycles. The van der Waals surface area contributed by atoms with Gasteiger partial charge in [-0.05, 0) is 62.4 Å². The summed E-state index contributed by atoms with van der Waals surface area (Å²) in [5, 5.41) is 20.9. The molecule has 1 aromatic heterocycles. The van der Waals surface area contributed by atoms with Crippen LogP contribution >= 0.6 is 11.6 Å². The minimum Gasteiger partial charge on any atom is -0.505 e. The first-order chi connectivity index (χ1) is 14.2. The van der Waals surface area contributed by atoms with E-state index in [2.05, 4.69) is 0 Å². The third-order valence-electron chi connectivity index (χ3n) is 6.43. The van der Waals surface area contributed by atoms with Crippen LogP contribution in [0.2, 0.25) is 5.02 Å². The lowest BCUT2D eigenvalue weighted by molar-refractivity contribution is -0.146. The Morgan fingerprint density at radius 2 is 1.93 bits per heavy atom. The number of fused-ring (bicyclic) bond motifs is 1. The molecule has 0 aliphatic heterocycles. The van der Waals surface area contributed by atoms with Gasteiger partial charge in [0.2, 0.25) is 0 Å². The van der Waals surface area contributed by atoms with Gasteiger partial charge >= 0.3 is 5.97 Å². The normalized spacial score (nSPS) is 16.3. The molecule has 2 N–H and O–H groups in total. The van der Waals surface area contributed by atoms with Crippen molar-refractivity contribution in [2.75, 3.05) is 0 Å². The van der Waals surface area contributed by atoms with Gasteiger partial charge in [0.1, 0.15) is 0 Å². The predicted molar refractivity (Wildman–Crippen MR) is 112 cm³/mol. The molecule has 5 nitrogen and oxygen atoms in total. The van der Waals surface area contributed by atoms with Crippen molar-refractivity contribution >= 4 is 34.4 Å². The molecule has 1 aliphatic rings. The number of hydrogen-bond donors (Lipinski definition) is 2. The molecule has 156 valence electrons. The van der Waals surface area contributed by atoms with Crippen LogP contribution in [0.5, 0.6) is 5.75 Å². The average Bonchev–Trinajstić information content (AvgIpc) is 2.91. The second kappa shape index (κ2) is 7.13. The van der Waals surface area contributed by atoms with Crippen molar-refractivity contribution in [1.29, 1.82) is 0 Å². The van der Waals surface area contributed by atoms with Gasteiger partial charge < -0.3 is 10.2 Å². The minimum absolute atomic E-state index is 0.110. The molecule has 0 unspecified atom stereocenters. The highest BCUT2D eigenvalue weighted by atomic mass is 35.5. The first kappa shape index (κ1) is 20.4. The lowest BCUT2D eigenvalue weighted by Gasteiger charge is -2.40. The van der Waals surface area contributed by atoms with Crippen molar-refractivity contribution < 1.29 is 24.2 Å². The predicted octanol–water partition coefficient (Wildman–Crippen LogP) is 5.28. The summed E-state index contributed by atoms with van der Waals surface area (Å²) in [5.74, 6) is -3.03. The maximum Gasteiger partial charge on any atom is 0.314 e. The maximum atomic E-state index is 14.3. The monoisotopic (exact) mass is 429 g/mol. The number of rotatable bonds is 4. The van der Waals surface area contributed by atoms with E-state index in [4.69, 9.17) is 11.6 Å². The molecule has 0 saturated heterocycles. The summed E-state index contributed by atoms with van der Waals surface area (Å²) < 4.78 is 15.6. The second-order valence-corrected chi connectivity index (χ2v) is 8.50. The third kappa shape index (κ3) is 2.89. The lowest BCUT2D eigenvalue weighted by Crippen LogP contribution is -2.44. The van der Waals surface area contributed by atoms with Crippen LogP contribution in [-0.4, -0.2) is 26.7 Å². The Morgan fingerprint density at radius 3 is 2.50 bits per heavy atom. The van der Waals surface area contributed by atoms with Gasteiger partial charge in [-0.15, -0.1) is 0 Å².